The molecule has 0 saturated heterocycles. The van der Waals surface area contributed by atoms with Gasteiger partial charge in [-0.15, -0.1) is 0 Å². The molecule has 1 aliphatic rings. The van der Waals surface area contributed by atoms with Crippen LogP contribution in [0.5, 0.6) is 11.5 Å². The number of carbonyl (C=O) groups excluding carboxylic acids is 1. The molecule has 1 amide bonds. The largest absolute Gasteiger partial charge is 0.497 e. The van der Waals surface area contributed by atoms with Gasteiger partial charge in [-0.1, -0.05) is 6.92 Å². The van der Waals surface area contributed by atoms with Crippen LogP contribution in [-0.2, 0) is 0 Å². The first kappa shape index (κ1) is 14.7. The van der Waals surface area contributed by atoms with E-state index in [9.17, 15) is 4.79 Å². The Morgan fingerprint density at radius 3 is 2.45 bits per heavy atom. The third-order valence-electron chi connectivity index (χ3n) is 4.00. The number of hydrogen-bond donors (Lipinski definition) is 1. The smallest absolute Gasteiger partial charge is 0.255 e. The normalized spacial score (nSPS) is 22.1. The molecule has 0 radical (unpaired) electrons. The molecule has 0 unspecified atom stereocenters. The van der Waals surface area contributed by atoms with E-state index in [4.69, 9.17) is 9.47 Å². The van der Waals surface area contributed by atoms with Crippen molar-refractivity contribution in [3.63, 3.8) is 0 Å². The van der Waals surface area contributed by atoms with Crippen molar-refractivity contribution in [1.29, 1.82) is 0 Å². The fraction of sp³-hybridized carbons (Fsp3) is 0.562. The summed E-state index contributed by atoms with van der Waals surface area (Å²) in [5, 5.41) is 3.11. The van der Waals surface area contributed by atoms with Gasteiger partial charge in [0.1, 0.15) is 11.5 Å². The number of ether oxygens (including phenoxy) is 2. The molecule has 1 N–H and O–H groups in total. The van der Waals surface area contributed by atoms with Crippen molar-refractivity contribution in [3.05, 3.63) is 23.8 Å². The highest BCUT2D eigenvalue weighted by molar-refractivity contribution is 5.97. The monoisotopic (exact) mass is 277 g/mol. The lowest BCUT2D eigenvalue weighted by Gasteiger charge is -2.27. The minimum atomic E-state index is -0.0657. The Morgan fingerprint density at radius 2 is 1.85 bits per heavy atom. The molecule has 0 aliphatic heterocycles. The van der Waals surface area contributed by atoms with Crippen molar-refractivity contribution in [2.24, 2.45) is 5.92 Å². The van der Waals surface area contributed by atoms with Crippen LogP contribution in [0.3, 0.4) is 0 Å². The van der Waals surface area contributed by atoms with Gasteiger partial charge >= 0.3 is 0 Å². The van der Waals surface area contributed by atoms with Gasteiger partial charge in [-0.25, -0.2) is 0 Å². The summed E-state index contributed by atoms with van der Waals surface area (Å²) < 4.78 is 10.4. The van der Waals surface area contributed by atoms with E-state index in [-0.39, 0.29) is 11.9 Å². The van der Waals surface area contributed by atoms with Crippen LogP contribution in [0.4, 0.5) is 0 Å². The molecule has 1 aliphatic carbocycles. The number of carbonyl (C=O) groups is 1. The maximum Gasteiger partial charge on any atom is 0.255 e. The highest BCUT2D eigenvalue weighted by Gasteiger charge is 2.21. The predicted octanol–water partition coefficient (Wildman–Crippen LogP) is 3.01. The summed E-state index contributed by atoms with van der Waals surface area (Å²) in [6.07, 6.45) is 4.49. The molecule has 0 heterocycles. The average Bonchev–Trinajstić information content (AvgIpc) is 2.48. The molecule has 0 aromatic heterocycles. The lowest BCUT2D eigenvalue weighted by atomic mass is 9.87. The van der Waals surface area contributed by atoms with Gasteiger partial charge in [0.2, 0.25) is 0 Å². The number of amides is 1. The minimum absolute atomic E-state index is 0.0657. The zero-order chi connectivity index (χ0) is 14.5. The molecular weight excluding hydrogens is 254 g/mol. The first-order chi connectivity index (χ1) is 9.63. The molecule has 4 heteroatoms. The SMILES string of the molecule is COc1ccc(C(=O)NC2CCC(C)CC2)c(OC)c1. The Hall–Kier alpha value is -1.71. The fourth-order valence-corrected chi connectivity index (χ4v) is 2.65. The molecule has 1 aromatic rings. The van der Waals surface area contributed by atoms with Crippen molar-refractivity contribution in [3.8, 4) is 11.5 Å². The van der Waals surface area contributed by atoms with Crippen LogP contribution in [-0.4, -0.2) is 26.2 Å². The summed E-state index contributed by atoms with van der Waals surface area (Å²) in [6, 6.07) is 5.54. The van der Waals surface area contributed by atoms with Gasteiger partial charge in [0.15, 0.2) is 0 Å². The van der Waals surface area contributed by atoms with Crippen LogP contribution >= 0.6 is 0 Å². The Bertz CT molecular complexity index is 465. The summed E-state index contributed by atoms with van der Waals surface area (Å²) in [4.78, 5) is 12.3. The minimum Gasteiger partial charge on any atom is -0.497 e. The number of methoxy groups -OCH3 is 2. The van der Waals surface area contributed by atoms with Gasteiger partial charge in [0.25, 0.3) is 5.91 Å². The topological polar surface area (TPSA) is 47.6 Å². The van der Waals surface area contributed by atoms with E-state index in [1.165, 1.54) is 12.8 Å². The van der Waals surface area contributed by atoms with Crippen molar-refractivity contribution >= 4 is 5.91 Å². The average molecular weight is 277 g/mol. The number of hydrogen-bond acceptors (Lipinski definition) is 3. The molecule has 20 heavy (non-hydrogen) atoms. The van der Waals surface area contributed by atoms with Gasteiger partial charge in [-0.05, 0) is 43.7 Å². The number of nitrogens with one attached hydrogen (secondary N) is 1. The molecule has 0 atom stereocenters. The van der Waals surface area contributed by atoms with Gasteiger partial charge < -0.3 is 14.8 Å². The summed E-state index contributed by atoms with van der Waals surface area (Å²) in [6.45, 7) is 2.27. The van der Waals surface area contributed by atoms with Crippen molar-refractivity contribution in [2.45, 2.75) is 38.6 Å². The summed E-state index contributed by atoms with van der Waals surface area (Å²) in [7, 11) is 3.16. The molecule has 0 bridgehead atoms. The van der Waals surface area contributed by atoms with E-state index >= 15 is 0 Å². The second-order valence-electron chi connectivity index (χ2n) is 5.50. The number of benzene rings is 1. The van der Waals surface area contributed by atoms with E-state index in [2.05, 4.69) is 12.2 Å². The lowest BCUT2D eigenvalue weighted by Crippen LogP contribution is -2.37. The fourth-order valence-electron chi connectivity index (χ4n) is 2.65. The van der Waals surface area contributed by atoms with Gasteiger partial charge in [0, 0.05) is 12.1 Å². The van der Waals surface area contributed by atoms with Crippen LogP contribution in [0, 0.1) is 5.92 Å². The van der Waals surface area contributed by atoms with Crippen LogP contribution in [0.1, 0.15) is 43.0 Å². The highest BCUT2D eigenvalue weighted by atomic mass is 16.5. The van der Waals surface area contributed by atoms with Crippen molar-refractivity contribution in [2.75, 3.05) is 14.2 Å². The first-order valence-electron chi connectivity index (χ1n) is 7.17. The molecule has 1 aromatic carbocycles. The molecule has 4 nitrogen and oxygen atoms in total. The second-order valence-corrected chi connectivity index (χ2v) is 5.50. The van der Waals surface area contributed by atoms with Crippen LogP contribution in [0.2, 0.25) is 0 Å². The van der Waals surface area contributed by atoms with Gasteiger partial charge in [-0.2, -0.15) is 0 Å². The third-order valence-corrected chi connectivity index (χ3v) is 4.00. The molecule has 1 saturated carbocycles. The van der Waals surface area contributed by atoms with Gasteiger partial charge in [-0.3, -0.25) is 4.79 Å². The molecule has 2 rings (SSSR count). The van der Waals surface area contributed by atoms with E-state index in [0.29, 0.717) is 17.1 Å². The van der Waals surface area contributed by atoms with E-state index < -0.39 is 0 Å². The van der Waals surface area contributed by atoms with Crippen LogP contribution < -0.4 is 14.8 Å². The lowest BCUT2D eigenvalue weighted by molar-refractivity contribution is 0.0920. The van der Waals surface area contributed by atoms with Crippen molar-refractivity contribution in [1.82, 2.24) is 5.32 Å². The summed E-state index contributed by atoms with van der Waals surface area (Å²) >= 11 is 0. The Kier molecular flexibility index (Phi) is 4.88. The second kappa shape index (κ2) is 6.64. The van der Waals surface area contributed by atoms with Crippen molar-refractivity contribution < 1.29 is 14.3 Å². The first-order valence-corrected chi connectivity index (χ1v) is 7.17. The highest BCUT2D eigenvalue weighted by Crippen LogP contribution is 2.26. The van der Waals surface area contributed by atoms with Crippen LogP contribution in [0.25, 0.3) is 0 Å². The van der Waals surface area contributed by atoms with Gasteiger partial charge in [0.05, 0.1) is 19.8 Å². The van der Waals surface area contributed by atoms with E-state index in [0.717, 1.165) is 18.8 Å². The quantitative estimate of drug-likeness (QED) is 0.920. The Balaban J connectivity index is 2.05. The zero-order valence-corrected chi connectivity index (χ0v) is 12.4. The molecule has 1 fully saturated rings. The maximum atomic E-state index is 12.3. The van der Waals surface area contributed by atoms with E-state index in [1.54, 1.807) is 32.4 Å². The predicted molar refractivity (Wildman–Crippen MR) is 78.4 cm³/mol. The van der Waals surface area contributed by atoms with Crippen LogP contribution in [0.15, 0.2) is 18.2 Å². The Labute approximate surface area is 120 Å². The number of rotatable bonds is 4. The molecule has 110 valence electrons. The summed E-state index contributed by atoms with van der Waals surface area (Å²) in [5.74, 6) is 1.94. The molecule has 0 spiro atoms. The summed E-state index contributed by atoms with van der Waals surface area (Å²) in [5.41, 5.74) is 0.562. The maximum absolute atomic E-state index is 12.3. The molecular formula is C16H23NO3. The standard InChI is InChI=1S/C16H23NO3/c1-11-4-6-12(7-5-11)17-16(18)14-9-8-13(19-2)10-15(14)20-3/h8-12H,4-7H2,1-3H3,(H,17,18). The van der Waals surface area contributed by atoms with E-state index in [1.807, 2.05) is 0 Å². The Morgan fingerprint density at radius 1 is 1.15 bits per heavy atom. The zero-order valence-electron chi connectivity index (χ0n) is 12.4. The third kappa shape index (κ3) is 3.44.